The van der Waals surface area contributed by atoms with Gasteiger partial charge in [-0.25, -0.2) is 4.79 Å². The number of esters is 1. The Labute approximate surface area is 424 Å². The number of fused-ring (bicyclic) bond motifs is 3. The number of ether oxygens (including phenoxy) is 5. The highest BCUT2D eigenvalue weighted by molar-refractivity contribution is 7.58. The molecule has 4 aliphatic rings. The van der Waals surface area contributed by atoms with Crippen LogP contribution < -0.4 is 0 Å². The van der Waals surface area contributed by atoms with Crippen LogP contribution in [0.2, 0.25) is 0 Å². The molecule has 2 saturated heterocycles. The Bertz CT molecular complexity index is 1970. The third-order valence-electron chi connectivity index (χ3n) is 15.7. The average Bonchev–Trinajstić information content (AvgIpc) is 3.35. The first-order chi connectivity index (χ1) is 33.6. The number of Topliss-reactive ketones (excluding diaryl/α,β-unsaturated/α-hetero) is 3. The second-order valence-electron chi connectivity index (χ2n) is 21.1. The summed E-state index contributed by atoms with van der Waals surface area (Å²) in [5.41, 5.74) is 1.26. The van der Waals surface area contributed by atoms with E-state index < -0.39 is 85.1 Å². The average molecular weight is 1020 g/mol. The fourth-order valence-corrected chi connectivity index (χ4v) is 12.3. The van der Waals surface area contributed by atoms with Gasteiger partial charge in [0, 0.05) is 70.8 Å². The number of piperidine rings is 1. The minimum atomic E-state index is -2.81. The summed E-state index contributed by atoms with van der Waals surface area (Å²) in [6, 6.07) is -1.16. The van der Waals surface area contributed by atoms with E-state index in [2.05, 4.69) is 0 Å². The molecule has 0 aromatic heterocycles. The van der Waals surface area contributed by atoms with Crippen molar-refractivity contribution in [3.05, 3.63) is 47.6 Å². The summed E-state index contributed by atoms with van der Waals surface area (Å²) in [6.07, 6.45) is 12.3. The highest BCUT2D eigenvalue weighted by Crippen LogP contribution is 2.50. The Morgan fingerprint density at radius 1 is 0.845 bits per heavy atom. The van der Waals surface area contributed by atoms with Crippen LogP contribution in [0, 0.1) is 35.5 Å². The van der Waals surface area contributed by atoms with Crippen molar-refractivity contribution in [2.75, 3.05) is 40.2 Å². The number of ketones is 3. The molecule has 4 rings (SSSR count). The van der Waals surface area contributed by atoms with Crippen LogP contribution in [0.5, 0.6) is 0 Å². The number of hydrogen-bond acceptors (Lipinski definition) is 14. The minimum absolute atomic E-state index is 0.0112. The second-order valence-corrected chi connectivity index (χ2v) is 24.2. The molecule has 0 aromatic carbocycles. The molecule has 0 spiro atoms. The largest absolute Gasteiger partial charge is 0.460 e. The first kappa shape index (κ1) is 60.4. The van der Waals surface area contributed by atoms with Gasteiger partial charge in [-0.1, -0.05) is 84.9 Å². The van der Waals surface area contributed by atoms with Crippen LogP contribution in [0.4, 0.5) is 0 Å². The third-order valence-corrected chi connectivity index (χ3v) is 18.3. The number of aliphatic hydroxyl groups excluding tert-OH is 1. The SMILES string of the molecule is CCP(=O)(CC)O[C@@H]1CCC(C[C@@H](C)[C@@H]2CC(=O)[C@H](C)/C=C(\C)[C@@H](O)[C@@H](OC)C(=O)C(C)C[C@H](C)/C=C/C=C/C=C(\C)[C@@H](OC)C[C@@H]3CC[C@@H](C)[C@@](O)(O3)C(=O)C(=O)N3CCCCC3C(=O)O2)C[C@H]1OC. The summed E-state index contributed by atoms with van der Waals surface area (Å²) in [5.74, 6) is -8.10. The molecule has 3 unspecified atom stereocenters. The molecule has 0 aromatic rings. The predicted octanol–water partition coefficient (Wildman–Crippen LogP) is 8.52. The maximum absolute atomic E-state index is 14.5. The van der Waals surface area contributed by atoms with Gasteiger partial charge in [0.2, 0.25) is 13.2 Å². The Hall–Kier alpha value is -3.14. The van der Waals surface area contributed by atoms with Gasteiger partial charge in [-0.15, -0.1) is 0 Å². The van der Waals surface area contributed by atoms with Gasteiger partial charge < -0.3 is 43.3 Å². The topological polar surface area (TPSA) is 201 Å². The van der Waals surface area contributed by atoms with E-state index in [-0.39, 0.29) is 60.9 Å². The molecular formula is C55H88NO14P. The molecule has 71 heavy (non-hydrogen) atoms. The summed E-state index contributed by atoms with van der Waals surface area (Å²) < 4.78 is 49.4. The Morgan fingerprint density at radius 2 is 1.55 bits per heavy atom. The molecule has 2 N–H and O–H groups in total. The standard InChI is InChI=1S/C55H88NO14P/c1-13-71(64,14-2)70-45-26-24-41(31-48(45)66-11)30-37(6)47-33-44(57)36(5)29-39(8)50(59)51(67-12)49(58)38(7)28-34(3)20-16-15-17-21-35(4)46(65-10)32-42-25-23-40(9)55(63,69-42)52(60)53(61)56-27-19-18-22-43(56)54(62)68-47/h15-17,20-21,29,34,36-38,40-43,45-48,50-51,59,63H,13-14,18-19,22-28,30-33H2,1-12H3/b17-15+,20-16+,35-21+,39-29+/t34-,36-,37-,38?,40-,41?,42+,43?,45-,46+,47+,48-,50-,51+,55-/m1/s1. The van der Waals surface area contributed by atoms with E-state index in [0.717, 1.165) is 12.0 Å². The van der Waals surface area contributed by atoms with Gasteiger partial charge >= 0.3 is 5.97 Å². The molecular weight excluding hydrogens is 930 g/mol. The van der Waals surface area contributed by atoms with Gasteiger partial charge in [0.15, 0.2) is 5.78 Å². The van der Waals surface area contributed by atoms with Crippen LogP contribution in [0.25, 0.3) is 0 Å². The van der Waals surface area contributed by atoms with E-state index in [1.807, 2.05) is 71.9 Å². The van der Waals surface area contributed by atoms with Crippen LogP contribution in [0.15, 0.2) is 47.6 Å². The third kappa shape index (κ3) is 16.2. The first-order valence-corrected chi connectivity index (χ1v) is 28.3. The molecule has 402 valence electrons. The van der Waals surface area contributed by atoms with Gasteiger partial charge in [0.25, 0.3) is 11.7 Å². The quantitative estimate of drug-likeness (QED) is 0.0913. The van der Waals surface area contributed by atoms with Crippen molar-refractivity contribution < 1.29 is 67.0 Å². The number of methoxy groups -OCH3 is 3. The smallest absolute Gasteiger partial charge is 0.329 e. The lowest BCUT2D eigenvalue weighted by Gasteiger charge is -2.42. The zero-order valence-electron chi connectivity index (χ0n) is 44.8. The Morgan fingerprint density at radius 3 is 2.20 bits per heavy atom. The number of rotatable bonds is 10. The molecule has 2 bridgehead atoms. The monoisotopic (exact) mass is 1020 g/mol. The van der Waals surface area contributed by atoms with E-state index in [1.54, 1.807) is 41.1 Å². The zero-order valence-corrected chi connectivity index (χ0v) is 45.7. The number of allylic oxidation sites excluding steroid dienone is 6. The van der Waals surface area contributed by atoms with Crippen LogP contribution in [0.1, 0.15) is 139 Å². The van der Waals surface area contributed by atoms with Crippen molar-refractivity contribution >= 4 is 36.6 Å². The van der Waals surface area contributed by atoms with E-state index in [4.69, 9.17) is 28.2 Å². The lowest BCUT2D eigenvalue weighted by atomic mass is 9.78. The number of cyclic esters (lactones) is 1. The predicted molar refractivity (Wildman–Crippen MR) is 273 cm³/mol. The summed E-state index contributed by atoms with van der Waals surface area (Å²) in [4.78, 5) is 72.4. The van der Waals surface area contributed by atoms with Crippen molar-refractivity contribution in [2.45, 2.75) is 194 Å². The molecule has 0 radical (unpaired) electrons. The number of carbonyl (C=O) groups is 5. The van der Waals surface area contributed by atoms with Crippen molar-refractivity contribution in [1.29, 1.82) is 0 Å². The molecule has 1 aliphatic carbocycles. The number of nitrogens with zero attached hydrogens (tertiary/aromatic N) is 1. The molecule has 1 saturated carbocycles. The van der Waals surface area contributed by atoms with Gasteiger partial charge in [0.05, 0.1) is 24.4 Å². The summed E-state index contributed by atoms with van der Waals surface area (Å²) >= 11 is 0. The van der Waals surface area contributed by atoms with Crippen molar-refractivity contribution in [3.63, 3.8) is 0 Å². The minimum Gasteiger partial charge on any atom is -0.460 e. The van der Waals surface area contributed by atoms with Gasteiger partial charge in [-0.3, -0.25) is 23.7 Å². The van der Waals surface area contributed by atoms with E-state index >= 15 is 0 Å². The number of amides is 1. The molecule has 3 fully saturated rings. The maximum atomic E-state index is 14.5. The first-order valence-electron chi connectivity index (χ1n) is 26.3. The van der Waals surface area contributed by atoms with Crippen LogP contribution in [0.3, 0.4) is 0 Å². The van der Waals surface area contributed by atoms with Crippen LogP contribution in [-0.2, 0) is 56.7 Å². The van der Waals surface area contributed by atoms with Gasteiger partial charge in [-0.05, 0) is 107 Å². The Kier molecular flexibility index (Phi) is 23.8. The van der Waals surface area contributed by atoms with Crippen LogP contribution >= 0.6 is 7.37 Å². The lowest BCUT2D eigenvalue weighted by molar-refractivity contribution is -0.265. The molecule has 15 atom stereocenters. The highest BCUT2D eigenvalue weighted by atomic mass is 31.2. The van der Waals surface area contributed by atoms with Crippen LogP contribution in [-0.4, -0.2) is 139 Å². The van der Waals surface area contributed by atoms with Crippen molar-refractivity contribution in [2.24, 2.45) is 35.5 Å². The van der Waals surface area contributed by atoms with E-state index in [1.165, 1.54) is 12.0 Å². The second kappa shape index (κ2) is 28.0. The number of hydrogen-bond donors (Lipinski definition) is 2. The lowest BCUT2D eigenvalue weighted by Crippen LogP contribution is -2.61. The number of carbonyl (C=O) groups excluding carboxylic acids is 5. The molecule has 16 heteroatoms. The molecule has 15 nitrogen and oxygen atoms in total. The highest BCUT2D eigenvalue weighted by Gasteiger charge is 2.53. The van der Waals surface area contributed by atoms with E-state index in [0.29, 0.717) is 75.7 Å². The Balaban J connectivity index is 1.70. The molecule has 3 heterocycles. The zero-order chi connectivity index (χ0) is 52.8. The van der Waals surface area contributed by atoms with Gasteiger partial charge in [0.1, 0.15) is 30.1 Å². The summed E-state index contributed by atoms with van der Waals surface area (Å²) in [6.45, 7) is 16.5. The maximum Gasteiger partial charge on any atom is 0.329 e. The number of aliphatic hydroxyl groups is 2. The normalized spacial score (nSPS) is 38.3. The summed E-state index contributed by atoms with van der Waals surface area (Å²) in [5, 5.41) is 23.5. The van der Waals surface area contributed by atoms with Crippen molar-refractivity contribution in [1.82, 2.24) is 4.90 Å². The van der Waals surface area contributed by atoms with E-state index in [9.17, 15) is 38.8 Å². The molecule has 1 amide bonds. The molecule has 3 aliphatic heterocycles. The van der Waals surface area contributed by atoms with Gasteiger partial charge in [-0.2, -0.15) is 0 Å². The fraction of sp³-hybridized carbons (Fsp3) is 0.764. The summed E-state index contributed by atoms with van der Waals surface area (Å²) in [7, 11) is 1.77. The van der Waals surface area contributed by atoms with Crippen molar-refractivity contribution in [3.8, 4) is 0 Å². The fourth-order valence-electron chi connectivity index (χ4n) is 10.8.